The molecule has 0 aromatic heterocycles. The fraction of sp³-hybridized carbons (Fsp3) is 0.594. The Morgan fingerprint density at radius 1 is 1.00 bits per heavy atom. The molecule has 3 amide bonds. The first-order valence-corrected chi connectivity index (χ1v) is 15.2. The number of benzene rings is 1. The molecule has 2 saturated heterocycles. The van der Waals surface area contributed by atoms with Gasteiger partial charge in [-0.1, -0.05) is 50.5 Å². The number of fused-ring (bicyclic) bond motifs is 2. The second kappa shape index (κ2) is 11.2. The number of carbonyl (C=O) groups excluding carboxylic acids is 3. The lowest BCUT2D eigenvalue weighted by Crippen LogP contribution is -2.59. The van der Waals surface area contributed by atoms with E-state index in [1.165, 1.54) is 6.42 Å². The van der Waals surface area contributed by atoms with E-state index in [0.29, 0.717) is 31.8 Å². The SMILES string of the molecule is CCOc1ccc(N2CC=C[C@H]3O[C@]45C=CCN(C6CCCCC6)C(=O)C4N([C@@H](CC)CO)C(=O)[C@@H]5[C@H]3C2=O)cc1. The molecule has 4 heterocycles. The molecule has 1 aliphatic carbocycles. The van der Waals surface area contributed by atoms with Gasteiger partial charge in [-0.3, -0.25) is 14.4 Å². The summed E-state index contributed by atoms with van der Waals surface area (Å²) >= 11 is 0. The number of carbonyl (C=O) groups is 3. The van der Waals surface area contributed by atoms with Crippen LogP contribution in [0.5, 0.6) is 5.75 Å². The Morgan fingerprint density at radius 3 is 2.44 bits per heavy atom. The molecule has 6 rings (SSSR count). The van der Waals surface area contributed by atoms with Crippen molar-refractivity contribution in [1.82, 2.24) is 9.80 Å². The Labute approximate surface area is 241 Å². The van der Waals surface area contributed by atoms with Crippen LogP contribution in [0.4, 0.5) is 5.69 Å². The summed E-state index contributed by atoms with van der Waals surface area (Å²) in [5.74, 6) is -1.58. The molecule has 4 aliphatic heterocycles. The topological polar surface area (TPSA) is 99.6 Å². The number of anilines is 1. The standard InChI is InChI=1S/C32H41N3O6/c1-3-21(20-36)35-28-31(39)34(22-10-6-5-7-11-22)19-9-17-32(28)27(30(35)38)26-25(41-32)12-8-18-33(29(26)37)23-13-15-24(16-14-23)40-4-2/h8-9,12-17,21-22,25-28,36H,3-7,10-11,18-20H2,1-2H3/t21-,25+,26-,27-,28?,32-/m0/s1. The van der Waals surface area contributed by atoms with Crippen molar-refractivity contribution in [2.45, 2.75) is 82.2 Å². The Hall–Kier alpha value is -3.17. The van der Waals surface area contributed by atoms with Gasteiger partial charge in [0.2, 0.25) is 17.7 Å². The van der Waals surface area contributed by atoms with Crippen LogP contribution in [0.25, 0.3) is 0 Å². The Morgan fingerprint density at radius 2 is 1.76 bits per heavy atom. The van der Waals surface area contributed by atoms with Crippen molar-refractivity contribution in [2.75, 3.05) is 31.2 Å². The lowest BCUT2D eigenvalue weighted by atomic mass is 9.77. The van der Waals surface area contributed by atoms with E-state index in [9.17, 15) is 19.5 Å². The second-order valence-electron chi connectivity index (χ2n) is 11.8. The van der Waals surface area contributed by atoms with Crippen molar-refractivity contribution in [3.8, 4) is 5.75 Å². The summed E-state index contributed by atoms with van der Waals surface area (Å²) < 4.78 is 12.3. The van der Waals surface area contributed by atoms with Gasteiger partial charge in [0, 0.05) is 24.8 Å². The summed E-state index contributed by atoms with van der Waals surface area (Å²) in [6.45, 7) is 4.91. The minimum atomic E-state index is -1.28. The highest BCUT2D eigenvalue weighted by Crippen LogP contribution is 2.54. The van der Waals surface area contributed by atoms with Crippen LogP contribution in [-0.2, 0) is 19.1 Å². The lowest BCUT2D eigenvalue weighted by molar-refractivity contribution is -0.152. The summed E-state index contributed by atoms with van der Waals surface area (Å²) in [6.07, 6.45) is 12.7. The highest BCUT2D eigenvalue weighted by atomic mass is 16.5. The van der Waals surface area contributed by atoms with Gasteiger partial charge >= 0.3 is 0 Å². The third kappa shape index (κ3) is 4.48. The number of nitrogens with zero attached hydrogens (tertiary/aromatic N) is 3. The fourth-order valence-corrected chi connectivity index (χ4v) is 7.74. The molecular weight excluding hydrogens is 522 g/mol. The number of aliphatic hydroxyl groups excluding tert-OH is 1. The van der Waals surface area contributed by atoms with Crippen LogP contribution >= 0.6 is 0 Å². The van der Waals surface area contributed by atoms with Gasteiger partial charge in [-0.25, -0.2) is 0 Å². The zero-order valence-corrected chi connectivity index (χ0v) is 24.0. The summed E-state index contributed by atoms with van der Waals surface area (Å²) in [6, 6.07) is 6.02. The van der Waals surface area contributed by atoms with Crippen molar-refractivity contribution in [3.05, 3.63) is 48.6 Å². The molecule has 1 unspecified atom stereocenters. The zero-order valence-electron chi connectivity index (χ0n) is 24.0. The molecule has 5 aliphatic rings. The molecule has 3 fully saturated rings. The molecule has 1 N–H and O–H groups in total. The summed E-state index contributed by atoms with van der Waals surface area (Å²) in [5, 5.41) is 10.3. The molecule has 1 spiro atoms. The predicted octanol–water partition coefficient (Wildman–Crippen LogP) is 3.07. The van der Waals surface area contributed by atoms with Crippen LogP contribution in [0, 0.1) is 11.8 Å². The maximum atomic E-state index is 14.5. The van der Waals surface area contributed by atoms with Gasteiger partial charge in [0.25, 0.3) is 0 Å². The van der Waals surface area contributed by atoms with E-state index in [-0.39, 0.29) is 30.4 Å². The number of amides is 3. The molecule has 41 heavy (non-hydrogen) atoms. The van der Waals surface area contributed by atoms with Crippen molar-refractivity contribution in [1.29, 1.82) is 0 Å². The molecule has 1 aromatic carbocycles. The van der Waals surface area contributed by atoms with Crippen molar-refractivity contribution < 1.29 is 29.0 Å². The van der Waals surface area contributed by atoms with Crippen LogP contribution in [0.2, 0.25) is 0 Å². The highest BCUT2D eigenvalue weighted by molar-refractivity contribution is 6.04. The fourth-order valence-electron chi connectivity index (χ4n) is 7.74. The summed E-state index contributed by atoms with van der Waals surface area (Å²) in [7, 11) is 0. The molecule has 6 atom stereocenters. The number of ether oxygens (including phenoxy) is 2. The van der Waals surface area contributed by atoms with E-state index >= 15 is 0 Å². The molecule has 0 radical (unpaired) electrons. The zero-order chi connectivity index (χ0) is 28.7. The second-order valence-corrected chi connectivity index (χ2v) is 11.8. The van der Waals surface area contributed by atoms with Gasteiger partial charge in [-0.15, -0.1) is 0 Å². The van der Waals surface area contributed by atoms with E-state index in [1.807, 2.05) is 67.3 Å². The van der Waals surface area contributed by atoms with Crippen molar-refractivity contribution >= 4 is 23.4 Å². The Bertz CT molecular complexity index is 1220. The largest absolute Gasteiger partial charge is 0.494 e. The van der Waals surface area contributed by atoms with Crippen molar-refractivity contribution in [3.63, 3.8) is 0 Å². The normalized spacial score (nSPS) is 32.5. The number of likely N-dealkylation sites (tertiary alicyclic amines) is 1. The average Bonchev–Trinajstić information content (AvgIpc) is 3.30. The van der Waals surface area contributed by atoms with E-state index in [1.54, 1.807) is 9.80 Å². The number of rotatable bonds is 7. The smallest absolute Gasteiger partial charge is 0.249 e. The van der Waals surface area contributed by atoms with Crippen LogP contribution in [0.1, 0.15) is 52.4 Å². The predicted molar refractivity (Wildman–Crippen MR) is 153 cm³/mol. The lowest BCUT2D eigenvalue weighted by Gasteiger charge is -2.41. The van der Waals surface area contributed by atoms with E-state index < -0.39 is 35.6 Å². The third-order valence-corrected chi connectivity index (χ3v) is 9.68. The highest BCUT2D eigenvalue weighted by Gasteiger charge is 2.72. The van der Waals surface area contributed by atoms with Gasteiger partial charge in [0.15, 0.2) is 0 Å². The average molecular weight is 564 g/mol. The van der Waals surface area contributed by atoms with E-state index in [2.05, 4.69) is 0 Å². The molecule has 1 saturated carbocycles. The van der Waals surface area contributed by atoms with Gasteiger partial charge in [0.05, 0.1) is 37.2 Å². The van der Waals surface area contributed by atoms with Crippen LogP contribution in [0.3, 0.4) is 0 Å². The van der Waals surface area contributed by atoms with Crippen molar-refractivity contribution in [2.24, 2.45) is 11.8 Å². The first-order valence-electron chi connectivity index (χ1n) is 15.2. The van der Waals surface area contributed by atoms with Gasteiger partial charge in [-0.2, -0.15) is 0 Å². The Kier molecular flexibility index (Phi) is 7.68. The third-order valence-electron chi connectivity index (χ3n) is 9.68. The molecule has 9 heteroatoms. The molecule has 0 bridgehead atoms. The van der Waals surface area contributed by atoms with Crippen LogP contribution in [0.15, 0.2) is 48.6 Å². The molecule has 1 aromatic rings. The number of hydrogen-bond donors (Lipinski definition) is 1. The number of hydrogen-bond acceptors (Lipinski definition) is 6. The summed E-state index contributed by atoms with van der Waals surface area (Å²) in [4.78, 5) is 48.4. The maximum Gasteiger partial charge on any atom is 0.249 e. The van der Waals surface area contributed by atoms with Crippen LogP contribution < -0.4 is 9.64 Å². The number of aliphatic hydroxyl groups is 1. The summed E-state index contributed by atoms with van der Waals surface area (Å²) in [5.41, 5.74) is -0.571. The first-order chi connectivity index (χ1) is 19.9. The Balaban J connectivity index is 1.40. The van der Waals surface area contributed by atoms with Gasteiger partial charge in [0.1, 0.15) is 17.4 Å². The van der Waals surface area contributed by atoms with E-state index in [0.717, 1.165) is 31.4 Å². The monoisotopic (exact) mass is 563 g/mol. The minimum Gasteiger partial charge on any atom is -0.494 e. The maximum absolute atomic E-state index is 14.5. The van der Waals surface area contributed by atoms with E-state index in [4.69, 9.17) is 9.47 Å². The molecular formula is C32H41N3O6. The molecule has 9 nitrogen and oxygen atoms in total. The van der Waals surface area contributed by atoms with Crippen LogP contribution in [-0.4, -0.2) is 88.8 Å². The minimum absolute atomic E-state index is 0.116. The quantitative estimate of drug-likeness (QED) is 0.512. The van der Waals surface area contributed by atoms with Gasteiger partial charge < -0.3 is 29.3 Å². The van der Waals surface area contributed by atoms with Gasteiger partial charge in [-0.05, 0) is 50.5 Å². The molecule has 220 valence electrons. The first kappa shape index (κ1) is 28.0.